The van der Waals surface area contributed by atoms with Gasteiger partial charge in [0.05, 0.1) is 12.2 Å². The molecule has 5 nitrogen and oxygen atoms in total. The molecule has 3 rings (SSSR count). The van der Waals surface area contributed by atoms with Crippen LogP contribution in [0.2, 0.25) is 0 Å². The molecule has 3 aromatic rings. The van der Waals surface area contributed by atoms with E-state index < -0.39 is 5.97 Å². The quantitative estimate of drug-likeness (QED) is 0.737. The van der Waals surface area contributed by atoms with Gasteiger partial charge < -0.3 is 14.3 Å². The van der Waals surface area contributed by atoms with Crippen LogP contribution in [0.15, 0.2) is 53.6 Å². The molecule has 0 aliphatic rings. The summed E-state index contributed by atoms with van der Waals surface area (Å²) in [6.45, 7) is 2.58. The molecule has 0 saturated heterocycles. The molecular weight excluding hydrogens is 292 g/mol. The van der Waals surface area contributed by atoms with Crippen molar-refractivity contribution >= 4 is 16.9 Å². The number of carbonyl (C=O) groups excluding carboxylic acids is 1. The van der Waals surface area contributed by atoms with Crippen LogP contribution in [0.3, 0.4) is 0 Å². The number of aromatic amines is 1. The van der Waals surface area contributed by atoms with Gasteiger partial charge in [0.15, 0.2) is 0 Å². The molecule has 0 spiro atoms. The van der Waals surface area contributed by atoms with E-state index in [2.05, 4.69) is 11.1 Å². The third-order valence-electron chi connectivity index (χ3n) is 3.79. The number of pyridine rings is 1. The van der Waals surface area contributed by atoms with E-state index in [-0.39, 0.29) is 5.56 Å². The van der Waals surface area contributed by atoms with E-state index in [4.69, 9.17) is 4.74 Å². The lowest BCUT2D eigenvalue weighted by Gasteiger charge is -2.07. The molecule has 1 N–H and O–H groups in total. The summed E-state index contributed by atoms with van der Waals surface area (Å²) in [5.41, 5.74) is 2.49. The summed E-state index contributed by atoms with van der Waals surface area (Å²) in [7, 11) is 0. The van der Waals surface area contributed by atoms with E-state index in [0.717, 1.165) is 16.5 Å². The van der Waals surface area contributed by atoms with E-state index in [9.17, 15) is 9.59 Å². The van der Waals surface area contributed by atoms with Gasteiger partial charge in [-0.1, -0.05) is 18.2 Å². The van der Waals surface area contributed by atoms with Crippen molar-refractivity contribution < 1.29 is 9.53 Å². The topological polar surface area (TPSA) is 64.1 Å². The zero-order valence-corrected chi connectivity index (χ0v) is 12.9. The smallest absolute Gasteiger partial charge is 0.339 e. The first-order chi connectivity index (χ1) is 11.2. The zero-order chi connectivity index (χ0) is 16.2. The number of aromatic nitrogens is 2. The summed E-state index contributed by atoms with van der Waals surface area (Å²) in [6, 6.07) is 11.0. The first kappa shape index (κ1) is 15.1. The summed E-state index contributed by atoms with van der Waals surface area (Å²) in [6.07, 6.45) is 4.23. The third kappa shape index (κ3) is 3.18. The van der Waals surface area contributed by atoms with Crippen molar-refractivity contribution in [1.29, 1.82) is 0 Å². The van der Waals surface area contributed by atoms with Gasteiger partial charge in [0.1, 0.15) is 0 Å². The zero-order valence-electron chi connectivity index (χ0n) is 12.9. The molecule has 5 heteroatoms. The number of benzene rings is 1. The van der Waals surface area contributed by atoms with Gasteiger partial charge in [0, 0.05) is 35.9 Å². The number of fused-ring (bicyclic) bond motifs is 1. The Bertz CT molecular complexity index is 892. The van der Waals surface area contributed by atoms with E-state index in [1.54, 1.807) is 17.7 Å². The number of carbonyl (C=O) groups is 1. The normalized spacial score (nSPS) is 10.8. The molecule has 0 amide bonds. The van der Waals surface area contributed by atoms with Gasteiger partial charge in [-0.3, -0.25) is 4.79 Å². The van der Waals surface area contributed by atoms with Gasteiger partial charge in [0.25, 0.3) is 5.56 Å². The maximum absolute atomic E-state index is 12.0. The van der Waals surface area contributed by atoms with Crippen molar-refractivity contribution in [2.45, 2.75) is 19.9 Å². The van der Waals surface area contributed by atoms with Crippen LogP contribution in [0.25, 0.3) is 10.9 Å². The van der Waals surface area contributed by atoms with Crippen LogP contribution in [0.4, 0.5) is 0 Å². The lowest BCUT2D eigenvalue weighted by atomic mass is 10.1. The molecule has 1 aromatic carbocycles. The molecule has 0 radical (unpaired) electrons. The second-order valence-corrected chi connectivity index (χ2v) is 5.28. The summed E-state index contributed by atoms with van der Waals surface area (Å²) in [4.78, 5) is 27.0. The Labute approximate surface area is 133 Å². The number of ether oxygens (including phenoxy) is 1. The lowest BCUT2D eigenvalue weighted by Crippen LogP contribution is -2.21. The molecule has 0 fully saturated rings. The average Bonchev–Trinajstić information content (AvgIpc) is 2.97. The number of esters is 1. The molecule has 118 valence electrons. The van der Waals surface area contributed by atoms with E-state index in [1.165, 1.54) is 12.1 Å². The molecule has 0 saturated carbocycles. The first-order valence-electron chi connectivity index (χ1n) is 7.61. The van der Waals surface area contributed by atoms with E-state index in [1.807, 2.05) is 24.4 Å². The fourth-order valence-corrected chi connectivity index (χ4v) is 2.62. The predicted octanol–water partition coefficient (Wildman–Crippen LogP) is 2.75. The van der Waals surface area contributed by atoms with Crippen LogP contribution in [0.1, 0.15) is 22.8 Å². The number of hydrogen-bond donors (Lipinski definition) is 1. The third-order valence-corrected chi connectivity index (χ3v) is 3.79. The van der Waals surface area contributed by atoms with E-state index >= 15 is 0 Å². The molecule has 2 aromatic heterocycles. The molecule has 0 aliphatic heterocycles. The van der Waals surface area contributed by atoms with Crippen molar-refractivity contribution in [3.63, 3.8) is 0 Å². The molecule has 2 heterocycles. The molecule has 0 aliphatic carbocycles. The maximum atomic E-state index is 12.0. The highest BCUT2D eigenvalue weighted by Gasteiger charge is 2.09. The summed E-state index contributed by atoms with van der Waals surface area (Å²) >= 11 is 0. The van der Waals surface area contributed by atoms with Gasteiger partial charge in [-0.05, 0) is 31.0 Å². The Hall–Kier alpha value is -2.82. The Kier molecular flexibility index (Phi) is 4.28. The Morgan fingerprint density at radius 3 is 2.87 bits per heavy atom. The second-order valence-electron chi connectivity index (χ2n) is 5.28. The molecule has 0 atom stereocenters. The number of para-hydroxylation sites is 1. The molecular formula is C18H18N2O3. The minimum Gasteiger partial charge on any atom is -0.462 e. The standard InChI is InChI=1S/C18H18N2O3/c1-2-23-18(22)14-7-8-17(21)20(12-14)10-9-13-11-19-16-6-4-3-5-15(13)16/h3-8,11-12,19H,2,9-10H2,1H3. The number of nitrogens with one attached hydrogen (secondary N) is 1. The summed E-state index contributed by atoms with van der Waals surface area (Å²) in [5, 5.41) is 1.15. The highest BCUT2D eigenvalue weighted by molar-refractivity contribution is 5.89. The first-order valence-corrected chi connectivity index (χ1v) is 7.61. The fraction of sp³-hybridized carbons (Fsp3) is 0.222. The molecule has 23 heavy (non-hydrogen) atoms. The van der Waals surface area contributed by atoms with E-state index in [0.29, 0.717) is 25.1 Å². The summed E-state index contributed by atoms with van der Waals surface area (Å²) < 4.78 is 6.52. The minimum absolute atomic E-state index is 0.127. The largest absolute Gasteiger partial charge is 0.462 e. The van der Waals surface area contributed by atoms with Crippen molar-refractivity contribution in [1.82, 2.24) is 9.55 Å². The fourth-order valence-electron chi connectivity index (χ4n) is 2.62. The van der Waals surface area contributed by atoms with Crippen molar-refractivity contribution in [2.75, 3.05) is 6.61 Å². The highest BCUT2D eigenvalue weighted by atomic mass is 16.5. The average molecular weight is 310 g/mol. The second kappa shape index (κ2) is 6.52. The van der Waals surface area contributed by atoms with Crippen molar-refractivity contribution in [3.05, 3.63) is 70.3 Å². The van der Waals surface area contributed by atoms with Gasteiger partial charge in [-0.15, -0.1) is 0 Å². The lowest BCUT2D eigenvalue weighted by molar-refractivity contribution is 0.0525. The number of hydrogen-bond acceptors (Lipinski definition) is 3. The van der Waals surface area contributed by atoms with Gasteiger partial charge in [-0.25, -0.2) is 4.79 Å². The monoisotopic (exact) mass is 310 g/mol. The van der Waals surface area contributed by atoms with Crippen LogP contribution in [0.5, 0.6) is 0 Å². The Balaban J connectivity index is 1.81. The van der Waals surface area contributed by atoms with Gasteiger partial charge >= 0.3 is 5.97 Å². The number of rotatable bonds is 5. The van der Waals surface area contributed by atoms with Gasteiger partial charge in [0.2, 0.25) is 0 Å². The summed E-state index contributed by atoms with van der Waals surface area (Å²) in [5.74, 6) is -0.409. The highest BCUT2D eigenvalue weighted by Crippen LogP contribution is 2.18. The Morgan fingerprint density at radius 2 is 2.04 bits per heavy atom. The molecule has 0 bridgehead atoms. The minimum atomic E-state index is -0.409. The van der Waals surface area contributed by atoms with Gasteiger partial charge in [-0.2, -0.15) is 0 Å². The van der Waals surface area contributed by atoms with Crippen molar-refractivity contribution in [2.24, 2.45) is 0 Å². The number of H-pyrrole nitrogens is 1. The predicted molar refractivity (Wildman–Crippen MR) is 88.7 cm³/mol. The van der Waals surface area contributed by atoms with Crippen LogP contribution in [-0.4, -0.2) is 22.1 Å². The SMILES string of the molecule is CCOC(=O)c1ccc(=O)n(CCc2c[nH]c3ccccc23)c1. The molecule has 0 unspecified atom stereocenters. The van der Waals surface area contributed by atoms with Crippen LogP contribution in [-0.2, 0) is 17.7 Å². The van der Waals surface area contributed by atoms with Crippen LogP contribution >= 0.6 is 0 Å². The van der Waals surface area contributed by atoms with Crippen molar-refractivity contribution in [3.8, 4) is 0 Å². The maximum Gasteiger partial charge on any atom is 0.339 e. The van der Waals surface area contributed by atoms with Crippen LogP contribution in [0, 0.1) is 0 Å². The number of nitrogens with zero attached hydrogens (tertiary/aromatic N) is 1. The van der Waals surface area contributed by atoms with Crippen LogP contribution < -0.4 is 5.56 Å². The number of aryl methyl sites for hydroxylation is 2. The Morgan fingerprint density at radius 1 is 1.22 bits per heavy atom.